The minimum Gasteiger partial charge on any atom is -0.481 e. The average molecular weight is 1670 g/mol. The van der Waals surface area contributed by atoms with E-state index in [1.807, 2.05) is 70.2 Å². The van der Waals surface area contributed by atoms with E-state index in [0.717, 1.165) is 17.7 Å². The summed E-state index contributed by atoms with van der Waals surface area (Å²) in [6.45, 7) is 11.1. The monoisotopic (exact) mass is 1670 g/mol. The van der Waals surface area contributed by atoms with Gasteiger partial charge in [0.1, 0.15) is 60.4 Å². The van der Waals surface area contributed by atoms with Crippen LogP contribution in [0, 0.1) is 5.92 Å². The van der Waals surface area contributed by atoms with Gasteiger partial charge >= 0.3 is 0 Å². The number of likely N-dealkylation sites (tertiary alicyclic amines) is 1. The maximum atomic E-state index is 15.5. The Morgan fingerprint density at radius 3 is 1.42 bits per heavy atom. The number of halogens is 1. The number of nitrogens with zero attached hydrogens (tertiary/aromatic N) is 6. The number of H-pyrrole nitrogens is 2. The van der Waals surface area contributed by atoms with E-state index in [2.05, 4.69) is 99.1 Å². The van der Waals surface area contributed by atoms with Gasteiger partial charge in [0.05, 0.1) is 6.61 Å². The van der Waals surface area contributed by atoms with Gasteiger partial charge in [-0.2, -0.15) is 0 Å². The molecule has 1 fully saturated rings. The number of anilines is 6. The molecule has 38 heteroatoms. The highest BCUT2D eigenvalue weighted by Gasteiger charge is 2.41. The van der Waals surface area contributed by atoms with E-state index in [-0.39, 0.29) is 93.7 Å². The highest BCUT2D eigenvalue weighted by molar-refractivity contribution is 6.30. The molecule has 8 aromatic rings. The third-order valence-electron chi connectivity index (χ3n) is 19.2. The van der Waals surface area contributed by atoms with Crippen molar-refractivity contribution < 1.29 is 67.7 Å². The van der Waals surface area contributed by atoms with Gasteiger partial charge in [0.15, 0.2) is 0 Å². The normalized spacial score (nSPS) is 14.6. The predicted molar refractivity (Wildman–Crippen MR) is 449 cm³/mol. The molecule has 0 unspecified atom stereocenters. The zero-order chi connectivity index (χ0) is 87.1. The third kappa shape index (κ3) is 29.8. The molecule has 1 aliphatic heterocycles. The molecule has 11 amide bonds. The summed E-state index contributed by atoms with van der Waals surface area (Å²) in [5, 5.41) is 70.4. The van der Waals surface area contributed by atoms with E-state index >= 15 is 28.8 Å². The fourth-order valence-corrected chi connectivity index (χ4v) is 13.3. The SMILES string of the molecule is CC(=O)N[C@H](Cc1ccc2ccccc2c1)C(=O)N[C@H](Cc1ccc(Cl)cc1)C(=O)N[C@H](Cc1cccnc1)C(=O)N[C@@H](CO)C(=O)N[C@@H](Cc1ccc(Nc2nnc(N)[nH]2)cc1)C(=O)N[C@H](Cc1ccc(Nc2nnc(N)[nH]2)cc1)C(=O)N[C@@H](CC(C)C)C(=O)N[C@@H](CCCCNC(C)C)C(=O)N1CCC[C@H]1C(=O)N[C@H](C)C(N)=O.CC(=O)O. The smallest absolute Gasteiger partial charge is 0.300 e. The summed E-state index contributed by atoms with van der Waals surface area (Å²) < 4.78 is 0. The van der Waals surface area contributed by atoms with Gasteiger partial charge in [0, 0.05) is 87.3 Å². The van der Waals surface area contributed by atoms with Crippen LogP contribution < -0.4 is 81.0 Å². The number of aromatic amines is 2. The lowest BCUT2D eigenvalue weighted by Crippen LogP contribution is -2.62. The number of carboxylic acids is 1. The number of pyridine rings is 1. The molecule has 0 spiro atoms. The number of aliphatic hydroxyl groups excluding tert-OH is 1. The van der Waals surface area contributed by atoms with E-state index in [4.69, 9.17) is 38.7 Å². The molecular formula is C82H106ClN23O14. The fraction of sp³-hybridized carbons (Fsp3) is 0.402. The number of aromatic nitrogens is 7. The van der Waals surface area contributed by atoms with E-state index in [1.165, 1.54) is 31.1 Å². The van der Waals surface area contributed by atoms with Gasteiger partial charge in [-0.15, -0.1) is 20.4 Å². The Bertz CT molecular complexity index is 4800. The number of benzene rings is 5. The van der Waals surface area contributed by atoms with Crippen molar-refractivity contribution in [3.8, 4) is 0 Å². The lowest BCUT2D eigenvalue weighted by molar-refractivity contribution is -0.142. The maximum Gasteiger partial charge on any atom is 0.300 e. The molecule has 10 atom stereocenters. The zero-order valence-electron chi connectivity index (χ0n) is 67.7. The molecule has 3 aromatic heterocycles. The van der Waals surface area contributed by atoms with Gasteiger partial charge in [0.2, 0.25) is 88.8 Å². The average Bonchev–Trinajstić information content (AvgIpc) is 1.63. The van der Waals surface area contributed by atoms with Gasteiger partial charge in [0.25, 0.3) is 5.97 Å². The molecule has 22 N–H and O–H groups in total. The largest absolute Gasteiger partial charge is 0.481 e. The second-order valence-corrected chi connectivity index (χ2v) is 30.3. The van der Waals surface area contributed by atoms with Crippen molar-refractivity contribution in [1.29, 1.82) is 0 Å². The summed E-state index contributed by atoms with van der Waals surface area (Å²) in [7, 11) is 0. The van der Waals surface area contributed by atoms with E-state index in [1.54, 1.807) is 84.9 Å². The number of carboxylic acid groups (broad SMARTS) is 1. The van der Waals surface area contributed by atoms with E-state index in [9.17, 15) is 29.1 Å². The number of aliphatic hydroxyl groups is 1. The number of primary amides is 1. The highest BCUT2D eigenvalue weighted by atomic mass is 35.5. The molecule has 0 saturated carbocycles. The predicted octanol–water partition coefficient (Wildman–Crippen LogP) is 2.47. The number of rotatable bonds is 42. The number of unbranched alkanes of at least 4 members (excludes halogenated alkanes) is 1. The van der Waals surface area contributed by atoms with Crippen LogP contribution in [0.5, 0.6) is 0 Å². The first kappa shape index (κ1) is 92.4. The number of aliphatic carboxylic acids is 1. The Morgan fingerprint density at radius 2 is 0.958 bits per heavy atom. The number of carbonyl (C=O) groups excluding carboxylic acids is 11. The quantitative estimate of drug-likeness (QED) is 0.0244. The van der Waals surface area contributed by atoms with Crippen LogP contribution in [0.2, 0.25) is 5.02 Å². The molecule has 0 aliphatic carbocycles. The van der Waals surface area contributed by atoms with Gasteiger partial charge < -0.3 is 96.1 Å². The van der Waals surface area contributed by atoms with Crippen LogP contribution in [0.4, 0.5) is 35.2 Å². The summed E-state index contributed by atoms with van der Waals surface area (Å²) in [4.78, 5) is 179. The molecule has 5 aromatic carbocycles. The highest BCUT2D eigenvalue weighted by Crippen LogP contribution is 2.24. The molecule has 120 heavy (non-hydrogen) atoms. The van der Waals surface area contributed by atoms with Crippen LogP contribution in [0.25, 0.3) is 10.8 Å². The van der Waals surface area contributed by atoms with Crippen LogP contribution in [-0.2, 0) is 89.6 Å². The number of carbonyl (C=O) groups is 12. The molecule has 0 radical (unpaired) electrons. The summed E-state index contributed by atoms with van der Waals surface area (Å²) in [6, 6.07) is 22.5. The second-order valence-electron chi connectivity index (χ2n) is 29.9. The van der Waals surface area contributed by atoms with E-state index in [0.29, 0.717) is 70.0 Å². The second kappa shape index (κ2) is 45.5. The summed E-state index contributed by atoms with van der Waals surface area (Å²) in [5.41, 5.74) is 20.6. The molecule has 1 aliphatic rings. The van der Waals surface area contributed by atoms with Gasteiger partial charge in [-0.1, -0.05) is 124 Å². The number of amides is 11. The molecular weight excluding hydrogens is 1570 g/mol. The van der Waals surface area contributed by atoms with Crippen molar-refractivity contribution >= 4 is 128 Å². The molecule has 0 bridgehead atoms. The van der Waals surface area contributed by atoms with Gasteiger partial charge in [-0.25, -0.2) is 0 Å². The van der Waals surface area contributed by atoms with Crippen LogP contribution >= 0.6 is 11.6 Å². The third-order valence-corrected chi connectivity index (χ3v) is 19.4. The number of nitrogens with one attached hydrogen (secondary N) is 14. The van der Waals surface area contributed by atoms with Crippen molar-refractivity contribution in [3.63, 3.8) is 0 Å². The standard InChI is InChI=1S/C80H102ClN23O12.C2H4O2/c1-44(2)35-59(68(108)91-58(16-9-10-33-86-45(3)4)76(116)104-34-12-17-66(104)75(115)87-46(5)67(82)107)92-70(110)62(38-49-21-28-56(29-22-49)89-79-98-77(83)100-102-79)94-72(112)63(39-50-23-30-57(31-24-50)90-80-99-78(84)101-103-80)96-74(114)65(43-105)97-73(113)64(41-52-13-11-32-85-42-52)95-71(111)61(37-48-19-26-55(81)27-20-48)93-69(109)60(88-47(6)106)40-51-18-25-53-14-7-8-15-54(53)36-51;1-2(3)4/h7-8,11,13-15,18-32,36,42,44-46,58-66,86,105H,9-10,12,16-17,33-35,37-41,43H2,1-6H3,(H2,82,107)(H,87,115)(H,88,106)(H,91,108)(H,92,110)(H,93,109)(H,94,112)(H,95,111)(H,96,114)(H,97,113)(H4,83,89,98,100,102)(H4,84,90,99,101,103);1H3,(H,3,4)/t46-,58+,59+,60-,61-,62-,63+,64-,65+,66+;/m1./s1. The lowest BCUT2D eigenvalue weighted by atomic mass is 9.99. The first-order chi connectivity index (χ1) is 57.2. The van der Waals surface area contributed by atoms with Gasteiger partial charge in [-0.05, 0) is 139 Å². The van der Waals surface area contributed by atoms with Gasteiger partial charge in [-0.3, -0.25) is 72.5 Å². The molecule has 4 heterocycles. The van der Waals surface area contributed by atoms with E-state index < -0.39 is 138 Å². The summed E-state index contributed by atoms with van der Waals surface area (Å²) in [6.07, 6.45) is 3.96. The number of nitrogen functional groups attached to an aromatic ring is 2. The summed E-state index contributed by atoms with van der Waals surface area (Å²) in [5.74, 6) is -9.30. The zero-order valence-corrected chi connectivity index (χ0v) is 68.4. The molecule has 9 rings (SSSR count). The number of nitrogens with two attached hydrogens (primary N) is 3. The molecule has 37 nitrogen and oxygen atoms in total. The van der Waals surface area contributed by atoms with Crippen molar-refractivity contribution in [3.05, 3.63) is 173 Å². The minimum absolute atomic E-state index is 0.0202. The Morgan fingerprint density at radius 1 is 0.517 bits per heavy atom. The Hall–Kier alpha value is -13.2. The van der Waals surface area contributed by atoms with Crippen LogP contribution in [0.15, 0.2) is 140 Å². The Balaban J connectivity index is 0.00000438. The van der Waals surface area contributed by atoms with Crippen LogP contribution in [0.1, 0.15) is 115 Å². The minimum atomic E-state index is -1.86. The first-order valence-electron chi connectivity index (χ1n) is 39.3. The maximum absolute atomic E-state index is 15.5. The molecule has 1 saturated heterocycles. The van der Waals surface area contributed by atoms with Crippen LogP contribution in [0.3, 0.4) is 0 Å². The van der Waals surface area contributed by atoms with Crippen molar-refractivity contribution in [1.82, 2.24) is 93.4 Å². The van der Waals surface area contributed by atoms with Crippen LogP contribution in [-0.4, -0.2) is 208 Å². The molecule has 640 valence electrons. The topological polar surface area (TPSA) is 567 Å². The Kier molecular flexibility index (Phi) is 35.0. The number of fused-ring (bicyclic) bond motifs is 1. The fourth-order valence-electron chi connectivity index (χ4n) is 13.2. The number of hydrogen-bond donors (Lipinski definition) is 19. The Labute approximate surface area is 698 Å². The number of hydrogen-bond acceptors (Lipinski definition) is 23. The van der Waals surface area contributed by atoms with Crippen molar-refractivity contribution in [2.75, 3.05) is 41.8 Å². The lowest BCUT2D eigenvalue weighted by Gasteiger charge is -2.31. The van der Waals surface area contributed by atoms with Crippen molar-refractivity contribution in [2.45, 2.75) is 186 Å². The first-order valence-corrected chi connectivity index (χ1v) is 39.7. The van der Waals surface area contributed by atoms with Crippen molar-refractivity contribution in [2.24, 2.45) is 11.7 Å². The summed E-state index contributed by atoms with van der Waals surface area (Å²) >= 11 is 6.28.